The van der Waals surface area contributed by atoms with E-state index in [4.69, 9.17) is 11.6 Å². The molecule has 0 bridgehead atoms. The molecule has 3 rings (SSSR count). The summed E-state index contributed by atoms with van der Waals surface area (Å²) in [7, 11) is 0. The molecule has 112 valence electrons. The summed E-state index contributed by atoms with van der Waals surface area (Å²) >= 11 is 5.86. The fraction of sp³-hybridized carbons (Fsp3) is 0.467. The molecule has 0 radical (unpaired) electrons. The lowest BCUT2D eigenvalue weighted by molar-refractivity contribution is -0.117. The van der Waals surface area contributed by atoms with E-state index in [0.717, 1.165) is 31.6 Å². The van der Waals surface area contributed by atoms with E-state index < -0.39 is 0 Å². The molecule has 1 aromatic rings. The molecule has 2 aliphatic heterocycles. The summed E-state index contributed by atoms with van der Waals surface area (Å²) in [5.41, 5.74) is 0.822. The molecule has 5 nitrogen and oxygen atoms in total. The van der Waals surface area contributed by atoms with E-state index in [-0.39, 0.29) is 18.0 Å². The van der Waals surface area contributed by atoms with Gasteiger partial charge < -0.3 is 15.1 Å². The maximum atomic E-state index is 12.1. The first-order chi connectivity index (χ1) is 10.1. The number of urea groups is 1. The Morgan fingerprint density at radius 1 is 1.19 bits per heavy atom. The highest BCUT2D eigenvalue weighted by atomic mass is 35.5. The minimum absolute atomic E-state index is 0.0315. The lowest BCUT2D eigenvalue weighted by Gasteiger charge is -2.20. The Morgan fingerprint density at radius 2 is 1.86 bits per heavy atom. The number of nitrogens with zero attached hydrogens (tertiary/aromatic N) is 2. The number of benzene rings is 1. The van der Waals surface area contributed by atoms with Crippen LogP contribution in [-0.4, -0.2) is 42.5 Å². The van der Waals surface area contributed by atoms with E-state index in [2.05, 4.69) is 5.32 Å². The maximum Gasteiger partial charge on any atom is 0.317 e. The van der Waals surface area contributed by atoms with Gasteiger partial charge in [-0.05, 0) is 37.1 Å². The summed E-state index contributed by atoms with van der Waals surface area (Å²) in [4.78, 5) is 27.7. The molecule has 0 aromatic heterocycles. The van der Waals surface area contributed by atoms with Gasteiger partial charge in [0.15, 0.2) is 0 Å². The fourth-order valence-corrected chi connectivity index (χ4v) is 2.99. The molecule has 2 fully saturated rings. The zero-order valence-electron chi connectivity index (χ0n) is 11.7. The summed E-state index contributed by atoms with van der Waals surface area (Å²) in [5.74, 6) is 0.0315. The summed E-state index contributed by atoms with van der Waals surface area (Å²) in [6.07, 6.45) is 2.48. The number of halogens is 1. The Bertz CT molecular complexity index is 540. The van der Waals surface area contributed by atoms with E-state index in [9.17, 15) is 9.59 Å². The second kappa shape index (κ2) is 5.93. The van der Waals surface area contributed by atoms with Crippen LogP contribution in [0.3, 0.4) is 0 Å². The van der Waals surface area contributed by atoms with Gasteiger partial charge >= 0.3 is 6.03 Å². The van der Waals surface area contributed by atoms with Crippen LogP contribution in [0.1, 0.15) is 19.3 Å². The van der Waals surface area contributed by atoms with Crippen molar-refractivity contribution in [3.63, 3.8) is 0 Å². The van der Waals surface area contributed by atoms with Crippen LogP contribution in [0.4, 0.5) is 10.5 Å². The molecule has 6 heteroatoms. The Morgan fingerprint density at radius 3 is 2.52 bits per heavy atom. The lowest BCUT2D eigenvalue weighted by Crippen LogP contribution is -2.44. The molecular formula is C15H18ClN3O2. The van der Waals surface area contributed by atoms with E-state index >= 15 is 0 Å². The molecule has 2 saturated heterocycles. The third-order valence-corrected chi connectivity index (χ3v) is 4.24. The minimum Gasteiger partial charge on any atom is -0.333 e. The summed E-state index contributed by atoms with van der Waals surface area (Å²) in [6.45, 7) is 2.14. The van der Waals surface area contributed by atoms with Gasteiger partial charge in [0.25, 0.3) is 0 Å². The van der Waals surface area contributed by atoms with Crippen molar-refractivity contribution in [3.8, 4) is 0 Å². The third-order valence-electron chi connectivity index (χ3n) is 3.98. The number of rotatable bonds is 2. The van der Waals surface area contributed by atoms with Gasteiger partial charge in [-0.2, -0.15) is 0 Å². The molecule has 21 heavy (non-hydrogen) atoms. The molecule has 1 aromatic carbocycles. The molecule has 0 unspecified atom stereocenters. The quantitative estimate of drug-likeness (QED) is 0.911. The van der Waals surface area contributed by atoms with Crippen LogP contribution in [0.15, 0.2) is 24.3 Å². The van der Waals surface area contributed by atoms with E-state index in [1.165, 1.54) is 0 Å². The SMILES string of the molecule is O=C(N[C@@H]1CC(=O)N(c2ccc(Cl)cc2)C1)N1CCCC1. The first-order valence-electron chi connectivity index (χ1n) is 7.25. The average molecular weight is 308 g/mol. The second-order valence-corrected chi connectivity index (χ2v) is 5.96. The Balaban J connectivity index is 1.61. The number of nitrogens with one attached hydrogen (secondary N) is 1. The van der Waals surface area contributed by atoms with Crippen LogP contribution in [0.2, 0.25) is 5.02 Å². The third kappa shape index (κ3) is 3.13. The molecule has 0 saturated carbocycles. The highest BCUT2D eigenvalue weighted by Crippen LogP contribution is 2.23. The normalized spacial score (nSPS) is 22.0. The van der Waals surface area contributed by atoms with Gasteiger partial charge in [-0.15, -0.1) is 0 Å². The van der Waals surface area contributed by atoms with E-state index in [1.807, 2.05) is 17.0 Å². The molecule has 2 heterocycles. The molecule has 1 N–H and O–H groups in total. The van der Waals surface area contributed by atoms with Crippen molar-refractivity contribution in [2.24, 2.45) is 0 Å². The van der Waals surface area contributed by atoms with Gasteiger partial charge in [0.2, 0.25) is 5.91 Å². The standard InChI is InChI=1S/C15H18ClN3O2/c16-11-3-5-13(6-4-11)19-10-12(9-14(19)20)17-15(21)18-7-1-2-8-18/h3-6,12H,1-2,7-10H2,(H,17,21)/t12-/m1/s1. The molecular weight excluding hydrogens is 290 g/mol. The van der Waals surface area contributed by atoms with Crippen molar-refractivity contribution < 1.29 is 9.59 Å². The predicted octanol–water partition coefficient (Wildman–Crippen LogP) is 2.25. The maximum absolute atomic E-state index is 12.1. The first kappa shape index (κ1) is 14.2. The van der Waals surface area contributed by atoms with E-state index in [1.54, 1.807) is 17.0 Å². The predicted molar refractivity (Wildman–Crippen MR) is 81.5 cm³/mol. The summed E-state index contributed by atoms with van der Waals surface area (Å²) < 4.78 is 0. The van der Waals surface area contributed by atoms with Crippen LogP contribution < -0.4 is 10.2 Å². The number of amides is 3. The Kier molecular flexibility index (Phi) is 4.01. The van der Waals surface area contributed by atoms with Crippen molar-refractivity contribution in [3.05, 3.63) is 29.3 Å². The largest absolute Gasteiger partial charge is 0.333 e. The fourth-order valence-electron chi connectivity index (χ4n) is 2.86. The number of anilines is 1. The van der Waals surface area contributed by atoms with Gasteiger partial charge in [-0.1, -0.05) is 11.6 Å². The number of hydrogen-bond donors (Lipinski definition) is 1. The average Bonchev–Trinajstić information content (AvgIpc) is 3.10. The van der Waals surface area contributed by atoms with Crippen LogP contribution >= 0.6 is 11.6 Å². The van der Waals surface area contributed by atoms with Crippen LogP contribution in [0.25, 0.3) is 0 Å². The highest BCUT2D eigenvalue weighted by Gasteiger charge is 2.32. The van der Waals surface area contributed by atoms with Gasteiger partial charge in [-0.25, -0.2) is 4.79 Å². The summed E-state index contributed by atoms with van der Waals surface area (Å²) in [5, 5.41) is 3.60. The van der Waals surface area contributed by atoms with Crippen molar-refractivity contribution in [1.29, 1.82) is 0 Å². The number of likely N-dealkylation sites (tertiary alicyclic amines) is 1. The van der Waals surface area contributed by atoms with E-state index in [0.29, 0.717) is 18.0 Å². The number of carbonyl (C=O) groups excluding carboxylic acids is 2. The number of hydrogen-bond acceptors (Lipinski definition) is 2. The zero-order chi connectivity index (χ0) is 14.8. The topological polar surface area (TPSA) is 52.7 Å². The Labute approximate surface area is 128 Å². The molecule has 2 aliphatic rings. The van der Waals surface area contributed by atoms with Crippen LogP contribution in [-0.2, 0) is 4.79 Å². The van der Waals surface area contributed by atoms with Gasteiger partial charge in [0, 0.05) is 36.8 Å². The summed E-state index contributed by atoms with van der Waals surface area (Å²) in [6, 6.07) is 7.00. The number of carbonyl (C=O) groups is 2. The molecule has 0 spiro atoms. The second-order valence-electron chi connectivity index (χ2n) is 5.53. The smallest absolute Gasteiger partial charge is 0.317 e. The van der Waals surface area contributed by atoms with Crippen molar-refractivity contribution in [1.82, 2.24) is 10.2 Å². The molecule has 1 atom stereocenters. The van der Waals surface area contributed by atoms with Gasteiger partial charge in [0.05, 0.1) is 6.04 Å². The molecule has 3 amide bonds. The highest BCUT2D eigenvalue weighted by molar-refractivity contribution is 6.30. The first-order valence-corrected chi connectivity index (χ1v) is 7.62. The van der Waals surface area contributed by atoms with Crippen LogP contribution in [0, 0.1) is 0 Å². The monoisotopic (exact) mass is 307 g/mol. The zero-order valence-corrected chi connectivity index (χ0v) is 12.5. The van der Waals surface area contributed by atoms with Crippen molar-refractivity contribution >= 4 is 29.2 Å². The van der Waals surface area contributed by atoms with Gasteiger partial charge in [-0.3, -0.25) is 4.79 Å². The van der Waals surface area contributed by atoms with Crippen LogP contribution in [0.5, 0.6) is 0 Å². The minimum atomic E-state index is -0.124. The lowest BCUT2D eigenvalue weighted by atomic mass is 10.2. The van der Waals surface area contributed by atoms with Crippen molar-refractivity contribution in [2.45, 2.75) is 25.3 Å². The van der Waals surface area contributed by atoms with Crippen molar-refractivity contribution in [2.75, 3.05) is 24.5 Å². The van der Waals surface area contributed by atoms with Gasteiger partial charge in [0.1, 0.15) is 0 Å². The molecule has 0 aliphatic carbocycles. The Hall–Kier alpha value is -1.75.